The van der Waals surface area contributed by atoms with Gasteiger partial charge >= 0.3 is 0 Å². The second-order valence-electron chi connectivity index (χ2n) is 5.49. The highest BCUT2D eigenvalue weighted by Crippen LogP contribution is 2.28. The van der Waals surface area contributed by atoms with Crippen LogP contribution in [0.5, 0.6) is 0 Å². The van der Waals surface area contributed by atoms with Crippen molar-refractivity contribution in [2.75, 3.05) is 6.54 Å². The van der Waals surface area contributed by atoms with Crippen LogP contribution in [0.15, 0.2) is 16.7 Å². The molecule has 0 aromatic carbocycles. The summed E-state index contributed by atoms with van der Waals surface area (Å²) in [6.45, 7) is 3.05. The molecule has 3 rings (SSSR count). The summed E-state index contributed by atoms with van der Waals surface area (Å²) in [6, 6.07) is 4.13. The van der Waals surface area contributed by atoms with Crippen molar-refractivity contribution in [3.8, 4) is 10.8 Å². The fourth-order valence-electron chi connectivity index (χ4n) is 2.52. The summed E-state index contributed by atoms with van der Waals surface area (Å²) in [5.41, 5.74) is 0. The standard InChI is InChI=1S/C15H20N4O2S/c1-10(20)17-9-11-6-7-13(22-11)15-18-14(19-21-15)12-5-3-2-4-8-16-12/h6-7,12,16H,2-5,8-9H2,1H3,(H,17,20)/t12-/m1/s1. The van der Waals surface area contributed by atoms with Crippen molar-refractivity contribution in [2.24, 2.45) is 0 Å². The Morgan fingerprint density at radius 3 is 3.23 bits per heavy atom. The zero-order valence-electron chi connectivity index (χ0n) is 12.6. The van der Waals surface area contributed by atoms with Gasteiger partial charge in [0.05, 0.1) is 17.5 Å². The Morgan fingerprint density at radius 2 is 2.36 bits per heavy atom. The van der Waals surface area contributed by atoms with Gasteiger partial charge in [0.2, 0.25) is 5.91 Å². The van der Waals surface area contributed by atoms with Gasteiger partial charge in [-0.25, -0.2) is 0 Å². The number of carbonyl (C=O) groups excluding carboxylic acids is 1. The largest absolute Gasteiger partial charge is 0.351 e. The number of thiophene rings is 1. The molecule has 1 aliphatic heterocycles. The van der Waals surface area contributed by atoms with E-state index in [4.69, 9.17) is 4.52 Å². The van der Waals surface area contributed by atoms with Gasteiger partial charge in [0.15, 0.2) is 5.82 Å². The third-order valence-corrected chi connectivity index (χ3v) is 4.77. The maximum atomic E-state index is 10.9. The zero-order valence-corrected chi connectivity index (χ0v) is 13.4. The molecule has 1 amide bonds. The summed E-state index contributed by atoms with van der Waals surface area (Å²) in [5, 5.41) is 10.4. The molecule has 2 N–H and O–H groups in total. The Morgan fingerprint density at radius 1 is 1.45 bits per heavy atom. The van der Waals surface area contributed by atoms with Crippen LogP contribution < -0.4 is 10.6 Å². The van der Waals surface area contributed by atoms with E-state index in [9.17, 15) is 4.79 Å². The third kappa shape index (κ3) is 3.72. The third-order valence-electron chi connectivity index (χ3n) is 3.70. The van der Waals surface area contributed by atoms with Gasteiger partial charge in [-0.1, -0.05) is 18.0 Å². The maximum Gasteiger partial charge on any atom is 0.268 e. The molecule has 118 valence electrons. The molecule has 1 fully saturated rings. The lowest BCUT2D eigenvalue weighted by Crippen LogP contribution is -2.21. The summed E-state index contributed by atoms with van der Waals surface area (Å²) < 4.78 is 5.41. The van der Waals surface area contributed by atoms with Crippen LogP contribution in [0.3, 0.4) is 0 Å². The Labute approximate surface area is 133 Å². The Bertz CT molecular complexity index is 629. The first kappa shape index (κ1) is 15.2. The molecule has 2 aromatic heterocycles. The number of hydrogen-bond acceptors (Lipinski definition) is 6. The molecule has 0 saturated carbocycles. The van der Waals surface area contributed by atoms with Crippen molar-refractivity contribution in [2.45, 2.75) is 45.2 Å². The van der Waals surface area contributed by atoms with E-state index in [2.05, 4.69) is 20.8 Å². The average Bonchev–Trinajstić information content (AvgIpc) is 3.08. The molecule has 0 spiro atoms. The second-order valence-corrected chi connectivity index (χ2v) is 6.66. The number of amides is 1. The average molecular weight is 320 g/mol. The highest BCUT2D eigenvalue weighted by molar-refractivity contribution is 7.15. The van der Waals surface area contributed by atoms with Gasteiger partial charge in [-0.3, -0.25) is 4.79 Å². The molecular weight excluding hydrogens is 300 g/mol. The molecule has 0 radical (unpaired) electrons. The predicted molar refractivity (Wildman–Crippen MR) is 84.3 cm³/mol. The Kier molecular flexibility index (Phi) is 4.84. The van der Waals surface area contributed by atoms with Crippen molar-refractivity contribution in [1.29, 1.82) is 0 Å². The molecule has 1 saturated heterocycles. The van der Waals surface area contributed by atoms with Gasteiger partial charge in [0.25, 0.3) is 5.89 Å². The number of hydrogen-bond donors (Lipinski definition) is 2. The van der Waals surface area contributed by atoms with E-state index in [1.807, 2.05) is 12.1 Å². The van der Waals surface area contributed by atoms with Crippen molar-refractivity contribution >= 4 is 17.2 Å². The number of nitrogens with one attached hydrogen (secondary N) is 2. The normalized spacial score (nSPS) is 18.9. The molecule has 1 aliphatic rings. The van der Waals surface area contributed by atoms with Crippen molar-refractivity contribution in [1.82, 2.24) is 20.8 Å². The van der Waals surface area contributed by atoms with Crippen molar-refractivity contribution < 1.29 is 9.32 Å². The molecule has 2 aromatic rings. The lowest BCUT2D eigenvalue weighted by Gasteiger charge is -2.09. The first-order valence-electron chi connectivity index (χ1n) is 7.63. The molecular formula is C15H20N4O2S. The van der Waals surface area contributed by atoms with E-state index < -0.39 is 0 Å². The van der Waals surface area contributed by atoms with Crippen LogP contribution >= 0.6 is 11.3 Å². The Hall–Kier alpha value is -1.73. The molecule has 7 heteroatoms. The van der Waals surface area contributed by atoms with Gasteiger partial charge in [0, 0.05) is 11.8 Å². The van der Waals surface area contributed by atoms with Crippen LogP contribution in [-0.2, 0) is 11.3 Å². The van der Waals surface area contributed by atoms with E-state index in [0.717, 1.165) is 28.5 Å². The van der Waals surface area contributed by atoms with Gasteiger partial charge in [0.1, 0.15) is 0 Å². The van der Waals surface area contributed by atoms with Gasteiger partial charge < -0.3 is 15.2 Å². The van der Waals surface area contributed by atoms with Crippen LogP contribution in [0.4, 0.5) is 0 Å². The smallest absolute Gasteiger partial charge is 0.268 e. The lowest BCUT2D eigenvalue weighted by atomic mass is 10.1. The van der Waals surface area contributed by atoms with E-state index in [1.54, 1.807) is 11.3 Å². The minimum absolute atomic E-state index is 0.0329. The molecule has 0 unspecified atom stereocenters. The minimum atomic E-state index is -0.0329. The molecule has 1 atom stereocenters. The van der Waals surface area contributed by atoms with Crippen molar-refractivity contribution in [3.63, 3.8) is 0 Å². The quantitative estimate of drug-likeness (QED) is 0.905. The van der Waals surface area contributed by atoms with Gasteiger partial charge in [-0.05, 0) is 31.5 Å². The predicted octanol–water partition coefficient (Wildman–Crippen LogP) is 2.64. The summed E-state index contributed by atoms with van der Waals surface area (Å²) in [7, 11) is 0. The van der Waals surface area contributed by atoms with Crippen LogP contribution in [-0.4, -0.2) is 22.6 Å². The van der Waals surface area contributed by atoms with Crippen LogP contribution in [0.2, 0.25) is 0 Å². The van der Waals surface area contributed by atoms with E-state index >= 15 is 0 Å². The monoisotopic (exact) mass is 320 g/mol. The highest BCUT2D eigenvalue weighted by Gasteiger charge is 2.20. The van der Waals surface area contributed by atoms with E-state index in [-0.39, 0.29) is 11.9 Å². The molecule has 3 heterocycles. The topological polar surface area (TPSA) is 80.0 Å². The number of carbonyl (C=O) groups is 1. The lowest BCUT2D eigenvalue weighted by molar-refractivity contribution is -0.119. The molecule has 22 heavy (non-hydrogen) atoms. The molecule has 0 aliphatic carbocycles. The fourth-order valence-corrected chi connectivity index (χ4v) is 3.39. The van der Waals surface area contributed by atoms with Gasteiger partial charge in [-0.2, -0.15) is 4.98 Å². The van der Waals surface area contributed by atoms with E-state index in [0.29, 0.717) is 12.4 Å². The van der Waals surface area contributed by atoms with Crippen LogP contribution in [0, 0.1) is 0 Å². The fraction of sp³-hybridized carbons (Fsp3) is 0.533. The zero-order chi connectivity index (χ0) is 15.4. The minimum Gasteiger partial charge on any atom is -0.351 e. The number of aromatic nitrogens is 2. The van der Waals surface area contributed by atoms with Crippen molar-refractivity contribution in [3.05, 3.63) is 22.8 Å². The molecule has 6 nitrogen and oxygen atoms in total. The first-order chi connectivity index (χ1) is 10.7. The van der Waals surface area contributed by atoms with Crippen LogP contribution in [0.25, 0.3) is 10.8 Å². The number of nitrogens with zero attached hydrogens (tertiary/aromatic N) is 2. The van der Waals surface area contributed by atoms with Gasteiger partial charge in [-0.15, -0.1) is 11.3 Å². The SMILES string of the molecule is CC(=O)NCc1ccc(-c2nc([C@H]3CCCCCN3)no2)s1. The van der Waals surface area contributed by atoms with Crippen LogP contribution in [0.1, 0.15) is 49.4 Å². The summed E-state index contributed by atoms with van der Waals surface area (Å²) in [4.78, 5) is 17.5. The summed E-state index contributed by atoms with van der Waals surface area (Å²) >= 11 is 1.56. The summed E-state index contributed by atoms with van der Waals surface area (Å²) in [6.07, 6.45) is 4.71. The Balaban J connectivity index is 1.69. The summed E-state index contributed by atoms with van der Waals surface area (Å²) in [5.74, 6) is 1.27. The van der Waals surface area contributed by atoms with E-state index in [1.165, 1.54) is 26.2 Å². The highest BCUT2D eigenvalue weighted by atomic mass is 32.1. The maximum absolute atomic E-state index is 10.9. The molecule has 0 bridgehead atoms. The first-order valence-corrected chi connectivity index (χ1v) is 8.44. The second kappa shape index (κ2) is 7.02. The number of rotatable bonds is 4.